The van der Waals surface area contributed by atoms with E-state index in [9.17, 15) is 4.39 Å². The fraction of sp³-hybridized carbons (Fsp3) is 0.0769. The maximum atomic E-state index is 14.0. The van der Waals surface area contributed by atoms with Gasteiger partial charge in [0.2, 0.25) is 0 Å². The van der Waals surface area contributed by atoms with Gasteiger partial charge in [-0.15, -0.1) is 0 Å². The van der Waals surface area contributed by atoms with Gasteiger partial charge in [-0.1, -0.05) is 35.9 Å². The SMILES string of the molecule is COc1cccc(-c2cccc(N)c2Cl)c1F. The lowest BCUT2D eigenvalue weighted by molar-refractivity contribution is 0.387. The van der Waals surface area contributed by atoms with Crippen molar-refractivity contribution in [3.05, 3.63) is 47.2 Å². The summed E-state index contributed by atoms with van der Waals surface area (Å²) in [7, 11) is 1.42. The molecule has 0 saturated heterocycles. The van der Waals surface area contributed by atoms with Gasteiger partial charge in [0.25, 0.3) is 0 Å². The van der Waals surface area contributed by atoms with Crippen molar-refractivity contribution in [2.75, 3.05) is 12.8 Å². The van der Waals surface area contributed by atoms with Crippen LogP contribution in [0.2, 0.25) is 5.02 Å². The van der Waals surface area contributed by atoms with E-state index in [-0.39, 0.29) is 5.75 Å². The Hall–Kier alpha value is -1.74. The molecule has 0 amide bonds. The average Bonchev–Trinajstić information content (AvgIpc) is 2.33. The minimum absolute atomic E-state index is 0.181. The number of halogens is 2. The first kappa shape index (κ1) is 11.7. The first-order chi connectivity index (χ1) is 8.15. The third-order valence-corrected chi connectivity index (χ3v) is 2.92. The lowest BCUT2D eigenvalue weighted by Crippen LogP contribution is -1.93. The van der Waals surface area contributed by atoms with Crippen LogP contribution in [0.25, 0.3) is 11.1 Å². The summed E-state index contributed by atoms with van der Waals surface area (Å²) >= 11 is 6.06. The maximum Gasteiger partial charge on any atom is 0.172 e. The molecule has 2 aromatic rings. The highest BCUT2D eigenvalue weighted by atomic mass is 35.5. The molecule has 2 N–H and O–H groups in total. The van der Waals surface area contributed by atoms with E-state index in [0.29, 0.717) is 21.8 Å². The minimum atomic E-state index is -0.442. The highest BCUT2D eigenvalue weighted by molar-refractivity contribution is 6.35. The molecule has 17 heavy (non-hydrogen) atoms. The summed E-state index contributed by atoms with van der Waals surface area (Å²) in [5, 5.41) is 0.347. The normalized spacial score (nSPS) is 10.3. The molecule has 0 atom stereocenters. The Bertz CT molecular complexity index is 557. The minimum Gasteiger partial charge on any atom is -0.494 e. The summed E-state index contributed by atoms with van der Waals surface area (Å²) in [5.41, 5.74) is 7.05. The Morgan fingerprint density at radius 1 is 1.12 bits per heavy atom. The molecule has 2 aromatic carbocycles. The molecule has 88 valence electrons. The van der Waals surface area contributed by atoms with Crippen molar-refractivity contribution >= 4 is 17.3 Å². The molecule has 0 aliphatic carbocycles. The van der Waals surface area contributed by atoms with Gasteiger partial charge in [-0.25, -0.2) is 4.39 Å². The molecule has 4 heteroatoms. The molecule has 0 saturated carbocycles. The Morgan fingerprint density at radius 2 is 1.76 bits per heavy atom. The number of hydrogen-bond acceptors (Lipinski definition) is 2. The zero-order valence-electron chi connectivity index (χ0n) is 9.21. The van der Waals surface area contributed by atoms with Crippen molar-refractivity contribution in [1.29, 1.82) is 0 Å². The fourth-order valence-electron chi connectivity index (χ4n) is 1.63. The van der Waals surface area contributed by atoms with Gasteiger partial charge < -0.3 is 10.5 Å². The number of anilines is 1. The van der Waals surface area contributed by atoms with E-state index >= 15 is 0 Å². The molecule has 0 aliphatic rings. The number of methoxy groups -OCH3 is 1. The van der Waals surface area contributed by atoms with E-state index in [2.05, 4.69) is 0 Å². The van der Waals surface area contributed by atoms with E-state index in [4.69, 9.17) is 22.1 Å². The van der Waals surface area contributed by atoms with Gasteiger partial charge >= 0.3 is 0 Å². The van der Waals surface area contributed by atoms with Crippen molar-refractivity contribution in [2.24, 2.45) is 0 Å². The zero-order valence-corrected chi connectivity index (χ0v) is 9.96. The highest BCUT2D eigenvalue weighted by Gasteiger charge is 2.13. The molecule has 0 bridgehead atoms. The topological polar surface area (TPSA) is 35.2 Å². The van der Waals surface area contributed by atoms with Crippen LogP contribution in [0.15, 0.2) is 36.4 Å². The van der Waals surface area contributed by atoms with Crippen molar-refractivity contribution < 1.29 is 9.13 Å². The van der Waals surface area contributed by atoms with Crippen LogP contribution < -0.4 is 10.5 Å². The summed E-state index contributed by atoms with van der Waals surface area (Å²) in [6.45, 7) is 0. The standard InChI is InChI=1S/C13H11ClFNO/c1-17-11-7-3-5-9(13(11)15)8-4-2-6-10(16)12(8)14/h2-7H,16H2,1H3. The lowest BCUT2D eigenvalue weighted by atomic mass is 10.0. The number of nitrogens with two attached hydrogens (primary N) is 1. The molecule has 2 nitrogen and oxygen atoms in total. The van der Waals surface area contributed by atoms with Crippen molar-refractivity contribution in [3.63, 3.8) is 0 Å². The van der Waals surface area contributed by atoms with Gasteiger partial charge in [-0.05, 0) is 12.1 Å². The average molecular weight is 252 g/mol. The van der Waals surface area contributed by atoms with Crippen molar-refractivity contribution in [3.8, 4) is 16.9 Å². The third-order valence-electron chi connectivity index (χ3n) is 2.50. The van der Waals surface area contributed by atoms with E-state index in [1.807, 2.05) is 0 Å². The summed E-state index contributed by atoms with van der Waals surface area (Å²) in [4.78, 5) is 0. The van der Waals surface area contributed by atoms with Gasteiger partial charge in [0.05, 0.1) is 17.8 Å². The Labute approximate surface area is 104 Å². The third kappa shape index (κ3) is 2.06. The first-order valence-corrected chi connectivity index (χ1v) is 5.40. The number of hydrogen-bond donors (Lipinski definition) is 1. The molecule has 0 aromatic heterocycles. The predicted octanol–water partition coefficient (Wildman–Crippen LogP) is 3.74. The number of benzene rings is 2. The number of ether oxygens (including phenoxy) is 1. The van der Waals surface area contributed by atoms with Crippen LogP contribution >= 0.6 is 11.6 Å². The predicted molar refractivity (Wildman–Crippen MR) is 67.8 cm³/mol. The van der Waals surface area contributed by atoms with Gasteiger partial charge in [0.1, 0.15) is 0 Å². The highest BCUT2D eigenvalue weighted by Crippen LogP contribution is 2.35. The van der Waals surface area contributed by atoms with Crippen LogP contribution in [0.1, 0.15) is 0 Å². The molecule has 0 heterocycles. The number of nitrogen functional groups attached to an aromatic ring is 1. The maximum absolute atomic E-state index is 14.0. The molecule has 0 aliphatic heterocycles. The quantitative estimate of drug-likeness (QED) is 0.826. The molecule has 0 unspecified atom stereocenters. The van der Waals surface area contributed by atoms with Crippen LogP contribution in [-0.2, 0) is 0 Å². The first-order valence-electron chi connectivity index (χ1n) is 5.02. The lowest BCUT2D eigenvalue weighted by Gasteiger charge is -2.10. The molecule has 0 spiro atoms. The largest absolute Gasteiger partial charge is 0.494 e. The summed E-state index contributed by atoms with van der Waals surface area (Å²) in [6, 6.07) is 10.0. The number of rotatable bonds is 2. The van der Waals surface area contributed by atoms with E-state index < -0.39 is 5.82 Å². The molecule has 0 fully saturated rings. The van der Waals surface area contributed by atoms with Crippen LogP contribution in [0.4, 0.5) is 10.1 Å². The smallest absolute Gasteiger partial charge is 0.172 e. The van der Waals surface area contributed by atoms with Crippen LogP contribution in [0.5, 0.6) is 5.75 Å². The second-order valence-corrected chi connectivity index (χ2v) is 3.91. The van der Waals surface area contributed by atoms with Gasteiger partial charge in [-0.2, -0.15) is 0 Å². The van der Waals surface area contributed by atoms with Crippen LogP contribution in [-0.4, -0.2) is 7.11 Å². The Morgan fingerprint density at radius 3 is 2.47 bits per heavy atom. The van der Waals surface area contributed by atoms with Crippen LogP contribution in [0.3, 0.4) is 0 Å². The second-order valence-electron chi connectivity index (χ2n) is 3.53. The van der Waals surface area contributed by atoms with Crippen LogP contribution in [0, 0.1) is 5.82 Å². The van der Waals surface area contributed by atoms with Gasteiger partial charge in [-0.3, -0.25) is 0 Å². The Kier molecular flexibility index (Phi) is 3.20. The fourth-order valence-corrected chi connectivity index (χ4v) is 1.86. The zero-order chi connectivity index (χ0) is 12.4. The Balaban J connectivity index is 2.65. The van der Waals surface area contributed by atoms with Crippen molar-refractivity contribution in [2.45, 2.75) is 0 Å². The van der Waals surface area contributed by atoms with Gasteiger partial charge in [0.15, 0.2) is 11.6 Å². The summed E-state index contributed by atoms with van der Waals surface area (Å²) < 4.78 is 19.0. The molecular weight excluding hydrogens is 241 g/mol. The summed E-state index contributed by atoms with van der Waals surface area (Å²) in [6.07, 6.45) is 0. The second kappa shape index (κ2) is 4.63. The van der Waals surface area contributed by atoms with E-state index in [1.54, 1.807) is 36.4 Å². The van der Waals surface area contributed by atoms with Gasteiger partial charge in [0, 0.05) is 11.1 Å². The van der Waals surface area contributed by atoms with E-state index in [1.165, 1.54) is 7.11 Å². The summed E-state index contributed by atoms with van der Waals surface area (Å²) in [5.74, 6) is -0.261. The molecule has 0 radical (unpaired) electrons. The molecular formula is C13H11ClFNO. The monoisotopic (exact) mass is 251 g/mol. The van der Waals surface area contributed by atoms with E-state index in [0.717, 1.165) is 0 Å². The van der Waals surface area contributed by atoms with Crippen molar-refractivity contribution in [1.82, 2.24) is 0 Å². The molecule has 2 rings (SSSR count).